The second-order valence-electron chi connectivity index (χ2n) is 7.33. The third-order valence-corrected chi connectivity index (χ3v) is 5.11. The number of amides is 2. The average molecular weight is 434 g/mol. The van der Waals surface area contributed by atoms with Gasteiger partial charge in [-0.3, -0.25) is 9.59 Å². The van der Waals surface area contributed by atoms with E-state index in [0.29, 0.717) is 29.3 Å². The number of hydrogen-bond donors (Lipinski definition) is 1. The summed E-state index contributed by atoms with van der Waals surface area (Å²) in [7, 11) is 1.29. The van der Waals surface area contributed by atoms with Crippen LogP contribution < -0.4 is 10.1 Å². The summed E-state index contributed by atoms with van der Waals surface area (Å²) in [5.41, 5.74) is 3.68. The molecule has 166 valence electrons. The summed E-state index contributed by atoms with van der Waals surface area (Å²) in [6, 6.07) is 14.4. The van der Waals surface area contributed by atoms with Crippen LogP contribution in [-0.4, -0.2) is 42.9 Å². The fraction of sp³-hybridized carbons (Fsp3) is 0.240. The van der Waals surface area contributed by atoms with Crippen molar-refractivity contribution in [1.82, 2.24) is 4.90 Å². The molecule has 7 heteroatoms. The number of ether oxygens (including phenoxy) is 2. The van der Waals surface area contributed by atoms with E-state index in [4.69, 9.17) is 9.47 Å². The number of nitrogens with one attached hydrogen (secondary N) is 1. The Bertz CT molecular complexity index is 1080. The molecule has 0 spiro atoms. The number of likely N-dealkylation sites (N-methyl/N-ethyl adjacent to an activating group) is 1. The standard InChI is InChI=1S/C25H26N2O5/c1-5-27-17(3)23(25(30)31-4)21(24(27)29)14-18-8-12-20(13-9-18)32-15-22(28)26-19-10-6-16(2)7-11-19/h6-14H,5,15H2,1-4H3,(H,26,28)/b21-14-. The number of esters is 1. The van der Waals surface area contributed by atoms with Crippen LogP contribution in [-0.2, 0) is 19.1 Å². The molecule has 1 aliphatic rings. The monoisotopic (exact) mass is 434 g/mol. The smallest absolute Gasteiger partial charge is 0.340 e. The van der Waals surface area contributed by atoms with Crippen molar-refractivity contribution in [3.63, 3.8) is 0 Å². The summed E-state index contributed by atoms with van der Waals surface area (Å²) >= 11 is 0. The number of methoxy groups -OCH3 is 1. The molecule has 0 aromatic heterocycles. The summed E-state index contributed by atoms with van der Waals surface area (Å²) in [5, 5.41) is 2.77. The van der Waals surface area contributed by atoms with Gasteiger partial charge in [0, 0.05) is 17.9 Å². The van der Waals surface area contributed by atoms with E-state index in [1.54, 1.807) is 42.2 Å². The molecule has 0 saturated heterocycles. The lowest BCUT2D eigenvalue weighted by Crippen LogP contribution is -2.24. The van der Waals surface area contributed by atoms with Gasteiger partial charge in [-0.05, 0) is 56.7 Å². The highest BCUT2D eigenvalue weighted by molar-refractivity contribution is 6.16. The zero-order chi connectivity index (χ0) is 23.3. The van der Waals surface area contributed by atoms with Crippen molar-refractivity contribution in [2.45, 2.75) is 20.8 Å². The maximum atomic E-state index is 12.7. The Morgan fingerprint density at radius 1 is 1.03 bits per heavy atom. The zero-order valence-electron chi connectivity index (χ0n) is 18.6. The molecule has 7 nitrogen and oxygen atoms in total. The van der Waals surface area contributed by atoms with Crippen molar-refractivity contribution in [3.8, 4) is 5.75 Å². The first-order chi connectivity index (χ1) is 15.3. The second-order valence-corrected chi connectivity index (χ2v) is 7.33. The Hall–Kier alpha value is -3.87. The Morgan fingerprint density at radius 2 is 1.69 bits per heavy atom. The van der Waals surface area contributed by atoms with Gasteiger partial charge in [0.1, 0.15) is 5.75 Å². The Balaban J connectivity index is 1.67. The number of rotatable bonds is 7. The Morgan fingerprint density at radius 3 is 2.28 bits per heavy atom. The molecule has 2 amide bonds. The van der Waals surface area contributed by atoms with Crippen molar-refractivity contribution >= 4 is 29.5 Å². The largest absolute Gasteiger partial charge is 0.484 e. The van der Waals surface area contributed by atoms with Crippen LogP contribution in [0.5, 0.6) is 5.75 Å². The van der Waals surface area contributed by atoms with E-state index in [0.717, 1.165) is 11.1 Å². The van der Waals surface area contributed by atoms with Gasteiger partial charge >= 0.3 is 5.97 Å². The number of hydrogen-bond acceptors (Lipinski definition) is 5. The van der Waals surface area contributed by atoms with Gasteiger partial charge in [-0.1, -0.05) is 29.8 Å². The van der Waals surface area contributed by atoms with E-state index in [9.17, 15) is 14.4 Å². The van der Waals surface area contributed by atoms with Crippen molar-refractivity contribution in [2.75, 3.05) is 25.6 Å². The second kappa shape index (κ2) is 9.96. The molecule has 2 aromatic rings. The van der Waals surface area contributed by atoms with Gasteiger partial charge in [-0.2, -0.15) is 0 Å². The SMILES string of the molecule is CCN1C(=O)/C(=C\c2ccc(OCC(=O)Nc3ccc(C)cc3)cc2)C(C(=O)OC)=C1C. The molecular formula is C25H26N2O5. The van der Waals surface area contributed by atoms with E-state index in [-0.39, 0.29) is 24.0 Å². The first-order valence-corrected chi connectivity index (χ1v) is 10.3. The van der Waals surface area contributed by atoms with Gasteiger partial charge < -0.3 is 19.7 Å². The number of allylic oxidation sites excluding steroid dienone is 1. The fourth-order valence-corrected chi connectivity index (χ4v) is 3.42. The van der Waals surface area contributed by atoms with Crippen LogP contribution in [0.3, 0.4) is 0 Å². The molecular weight excluding hydrogens is 408 g/mol. The lowest BCUT2D eigenvalue weighted by atomic mass is 10.0. The lowest BCUT2D eigenvalue weighted by molar-refractivity contribution is -0.136. The highest BCUT2D eigenvalue weighted by Crippen LogP contribution is 2.31. The van der Waals surface area contributed by atoms with E-state index in [1.807, 2.05) is 38.1 Å². The van der Waals surface area contributed by atoms with Gasteiger partial charge in [0.05, 0.1) is 18.3 Å². The van der Waals surface area contributed by atoms with E-state index in [2.05, 4.69) is 5.32 Å². The van der Waals surface area contributed by atoms with Gasteiger partial charge in [0.2, 0.25) is 0 Å². The zero-order valence-corrected chi connectivity index (χ0v) is 18.6. The molecule has 1 N–H and O–H groups in total. The van der Waals surface area contributed by atoms with Crippen molar-refractivity contribution in [1.29, 1.82) is 0 Å². The fourth-order valence-electron chi connectivity index (χ4n) is 3.42. The molecule has 0 fully saturated rings. The first-order valence-electron chi connectivity index (χ1n) is 10.3. The molecule has 0 unspecified atom stereocenters. The third-order valence-electron chi connectivity index (χ3n) is 5.11. The van der Waals surface area contributed by atoms with Crippen LogP contribution in [0.2, 0.25) is 0 Å². The molecule has 1 heterocycles. The minimum absolute atomic E-state index is 0.132. The maximum absolute atomic E-state index is 12.7. The van der Waals surface area contributed by atoms with Crippen molar-refractivity contribution < 1.29 is 23.9 Å². The van der Waals surface area contributed by atoms with E-state index in [1.165, 1.54) is 7.11 Å². The van der Waals surface area contributed by atoms with Gasteiger partial charge in [0.15, 0.2) is 6.61 Å². The van der Waals surface area contributed by atoms with Crippen LogP contribution >= 0.6 is 0 Å². The number of carbonyl (C=O) groups excluding carboxylic acids is 3. The Labute approximate surface area is 187 Å². The number of carbonyl (C=O) groups is 3. The van der Waals surface area contributed by atoms with Crippen LogP contribution in [0.4, 0.5) is 5.69 Å². The summed E-state index contributed by atoms with van der Waals surface area (Å²) in [5.74, 6) is -0.533. The molecule has 0 radical (unpaired) electrons. The number of anilines is 1. The minimum atomic E-state index is -0.544. The van der Waals surface area contributed by atoms with Crippen LogP contribution in [0.15, 0.2) is 65.4 Å². The predicted molar refractivity (Wildman–Crippen MR) is 122 cm³/mol. The van der Waals surface area contributed by atoms with E-state index >= 15 is 0 Å². The van der Waals surface area contributed by atoms with E-state index < -0.39 is 5.97 Å². The van der Waals surface area contributed by atoms with Gasteiger partial charge in [-0.25, -0.2) is 4.79 Å². The van der Waals surface area contributed by atoms with Crippen molar-refractivity contribution in [3.05, 3.63) is 76.5 Å². The molecule has 0 bridgehead atoms. The van der Waals surface area contributed by atoms with Crippen LogP contribution in [0.1, 0.15) is 25.0 Å². The van der Waals surface area contributed by atoms with Crippen LogP contribution in [0.25, 0.3) is 6.08 Å². The lowest BCUT2D eigenvalue weighted by Gasteiger charge is -2.14. The number of aryl methyl sites for hydroxylation is 1. The maximum Gasteiger partial charge on any atom is 0.340 e. The molecule has 2 aromatic carbocycles. The summed E-state index contributed by atoms with van der Waals surface area (Å²) in [6.45, 7) is 5.88. The van der Waals surface area contributed by atoms with Crippen molar-refractivity contribution in [2.24, 2.45) is 0 Å². The predicted octanol–water partition coefficient (Wildman–Crippen LogP) is 3.71. The highest BCUT2D eigenvalue weighted by atomic mass is 16.5. The molecule has 3 rings (SSSR count). The molecule has 0 aliphatic carbocycles. The van der Waals surface area contributed by atoms with Crippen LogP contribution in [0, 0.1) is 6.92 Å². The number of nitrogens with zero attached hydrogens (tertiary/aromatic N) is 1. The molecule has 1 aliphatic heterocycles. The third kappa shape index (κ3) is 5.06. The number of benzene rings is 2. The summed E-state index contributed by atoms with van der Waals surface area (Å²) < 4.78 is 10.4. The topological polar surface area (TPSA) is 84.9 Å². The normalized spacial score (nSPS) is 14.7. The Kier molecular flexibility index (Phi) is 7.10. The summed E-state index contributed by atoms with van der Waals surface area (Å²) in [4.78, 5) is 38.6. The van der Waals surface area contributed by atoms with Gasteiger partial charge in [0.25, 0.3) is 11.8 Å². The van der Waals surface area contributed by atoms with Gasteiger partial charge in [-0.15, -0.1) is 0 Å². The quantitative estimate of drug-likeness (QED) is 0.531. The molecule has 0 atom stereocenters. The minimum Gasteiger partial charge on any atom is -0.484 e. The molecule has 0 saturated carbocycles. The summed E-state index contributed by atoms with van der Waals surface area (Å²) in [6.07, 6.45) is 1.65. The highest BCUT2D eigenvalue weighted by Gasteiger charge is 2.36. The molecule has 32 heavy (non-hydrogen) atoms. The average Bonchev–Trinajstić information content (AvgIpc) is 3.03. The first kappa shape index (κ1) is 22.8.